The molecule has 0 fully saturated rings. The predicted molar refractivity (Wildman–Crippen MR) is 117 cm³/mol. The van der Waals surface area contributed by atoms with Gasteiger partial charge < -0.3 is 4.90 Å². The van der Waals surface area contributed by atoms with E-state index in [1.165, 1.54) is 4.68 Å². The van der Waals surface area contributed by atoms with Crippen LogP contribution < -0.4 is 10.5 Å². The van der Waals surface area contributed by atoms with Crippen LogP contribution in [0.2, 0.25) is 0 Å². The van der Waals surface area contributed by atoms with Crippen molar-refractivity contribution in [3.63, 3.8) is 0 Å². The summed E-state index contributed by atoms with van der Waals surface area (Å²) in [7, 11) is 0. The van der Waals surface area contributed by atoms with Crippen LogP contribution in [-0.4, -0.2) is 20.9 Å². The second-order valence-corrected chi connectivity index (χ2v) is 7.19. The van der Waals surface area contributed by atoms with E-state index in [0.29, 0.717) is 17.4 Å². The molecular formula is C24H22N4O2. The van der Waals surface area contributed by atoms with Crippen molar-refractivity contribution >= 4 is 22.5 Å². The number of nitrogens with zero attached hydrogens (tertiary/aromatic N) is 4. The van der Waals surface area contributed by atoms with Crippen LogP contribution in [0.15, 0.2) is 83.7 Å². The SMILES string of the molecule is Cc1ccc(N(Cc2ccccc2)C(=O)CCn2nnc3ccccc3c2=O)cc1. The smallest absolute Gasteiger partial charge is 0.277 e. The van der Waals surface area contributed by atoms with Crippen molar-refractivity contribution in [1.29, 1.82) is 0 Å². The fourth-order valence-electron chi connectivity index (χ4n) is 3.32. The Hall–Kier alpha value is -3.80. The molecule has 0 unspecified atom stereocenters. The second-order valence-electron chi connectivity index (χ2n) is 7.19. The molecule has 0 bridgehead atoms. The van der Waals surface area contributed by atoms with E-state index >= 15 is 0 Å². The largest absolute Gasteiger partial charge is 0.308 e. The lowest BCUT2D eigenvalue weighted by Crippen LogP contribution is -2.33. The normalized spacial score (nSPS) is 10.8. The highest BCUT2D eigenvalue weighted by Gasteiger charge is 2.17. The molecule has 1 aromatic heterocycles. The van der Waals surface area contributed by atoms with Gasteiger partial charge in [0.25, 0.3) is 5.56 Å². The third-order valence-corrected chi connectivity index (χ3v) is 5.00. The van der Waals surface area contributed by atoms with Crippen LogP contribution in [-0.2, 0) is 17.9 Å². The van der Waals surface area contributed by atoms with Gasteiger partial charge in [0.05, 0.1) is 18.5 Å². The average Bonchev–Trinajstić information content (AvgIpc) is 2.78. The Morgan fingerprint density at radius 3 is 2.40 bits per heavy atom. The summed E-state index contributed by atoms with van der Waals surface area (Å²) >= 11 is 0. The van der Waals surface area contributed by atoms with Crippen LogP contribution in [0.3, 0.4) is 0 Å². The molecule has 150 valence electrons. The minimum absolute atomic E-state index is 0.0791. The standard InChI is InChI=1S/C24H22N4O2/c1-18-11-13-20(14-12-18)27(17-19-7-3-2-4-8-19)23(29)15-16-28-24(30)21-9-5-6-10-22(21)25-26-28/h2-14H,15-17H2,1H3. The highest BCUT2D eigenvalue weighted by atomic mass is 16.2. The molecule has 0 saturated carbocycles. The van der Waals surface area contributed by atoms with Crippen LogP contribution in [0, 0.1) is 6.92 Å². The number of aromatic nitrogens is 3. The van der Waals surface area contributed by atoms with Crippen LogP contribution in [0.4, 0.5) is 5.69 Å². The van der Waals surface area contributed by atoms with Gasteiger partial charge in [-0.15, -0.1) is 5.10 Å². The van der Waals surface area contributed by atoms with Crippen molar-refractivity contribution in [1.82, 2.24) is 15.0 Å². The maximum atomic E-state index is 13.1. The molecule has 6 heteroatoms. The Kier molecular flexibility index (Phi) is 5.66. The van der Waals surface area contributed by atoms with Crippen LogP contribution in [0.5, 0.6) is 0 Å². The lowest BCUT2D eigenvalue weighted by molar-refractivity contribution is -0.119. The molecule has 4 aromatic rings. The highest BCUT2D eigenvalue weighted by Crippen LogP contribution is 2.19. The quantitative estimate of drug-likeness (QED) is 0.496. The van der Waals surface area contributed by atoms with Gasteiger partial charge >= 0.3 is 0 Å². The van der Waals surface area contributed by atoms with E-state index in [1.54, 1.807) is 23.1 Å². The molecule has 0 saturated heterocycles. The summed E-state index contributed by atoms with van der Waals surface area (Å²) in [5, 5.41) is 8.58. The fourth-order valence-corrected chi connectivity index (χ4v) is 3.32. The number of hydrogen-bond acceptors (Lipinski definition) is 4. The van der Waals surface area contributed by atoms with E-state index < -0.39 is 0 Å². The van der Waals surface area contributed by atoms with Gasteiger partial charge in [0.1, 0.15) is 5.52 Å². The fraction of sp³-hybridized carbons (Fsp3) is 0.167. The molecule has 0 aliphatic carbocycles. The third-order valence-electron chi connectivity index (χ3n) is 5.00. The van der Waals surface area contributed by atoms with E-state index in [0.717, 1.165) is 16.8 Å². The Bertz CT molecular complexity index is 1220. The zero-order valence-electron chi connectivity index (χ0n) is 16.7. The van der Waals surface area contributed by atoms with Gasteiger partial charge in [-0.05, 0) is 36.8 Å². The van der Waals surface area contributed by atoms with Crippen molar-refractivity contribution in [2.45, 2.75) is 26.4 Å². The predicted octanol–water partition coefficient (Wildman–Crippen LogP) is 3.72. The van der Waals surface area contributed by atoms with Crippen molar-refractivity contribution in [3.05, 3.63) is 100 Å². The summed E-state index contributed by atoms with van der Waals surface area (Å²) in [6.07, 6.45) is 0.146. The first kappa shape index (κ1) is 19.5. The van der Waals surface area contributed by atoms with Crippen LogP contribution >= 0.6 is 0 Å². The van der Waals surface area contributed by atoms with E-state index in [9.17, 15) is 9.59 Å². The number of aryl methyl sites for hydroxylation is 2. The number of carbonyl (C=O) groups excluding carboxylic acids is 1. The van der Waals surface area contributed by atoms with Gasteiger partial charge in [-0.1, -0.05) is 65.4 Å². The summed E-state index contributed by atoms with van der Waals surface area (Å²) in [5.74, 6) is -0.0791. The summed E-state index contributed by atoms with van der Waals surface area (Å²) in [6.45, 7) is 2.64. The van der Waals surface area contributed by atoms with Gasteiger partial charge in [0.15, 0.2) is 0 Å². The zero-order chi connectivity index (χ0) is 20.9. The van der Waals surface area contributed by atoms with E-state index in [2.05, 4.69) is 10.3 Å². The van der Waals surface area contributed by atoms with Crippen molar-refractivity contribution in [3.8, 4) is 0 Å². The third kappa shape index (κ3) is 4.27. The molecule has 1 heterocycles. The van der Waals surface area contributed by atoms with Gasteiger partial charge in [-0.2, -0.15) is 0 Å². The first-order valence-electron chi connectivity index (χ1n) is 9.85. The number of hydrogen-bond donors (Lipinski definition) is 0. The number of amides is 1. The zero-order valence-corrected chi connectivity index (χ0v) is 16.7. The van der Waals surface area contributed by atoms with Crippen LogP contribution in [0.1, 0.15) is 17.5 Å². The average molecular weight is 398 g/mol. The van der Waals surface area contributed by atoms with Gasteiger partial charge in [-0.3, -0.25) is 9.59 Å². The summed E-state index contributed by atoms with van der Waals surface area (Å²) in [5.41, 5.74) is 3.30. The Morgan fingerprint density at radius 2 is 1.63 bits per heavy atom. The number of benzene rings is 3. The van der Waals surface area contributed by atoms with Gasteiger partial charge in [0, 0.05) is 12.1 Å². The summed E-state index contributed by atoms with van der Waals surface area (Å²) in [4.78, 5) is 27.5. The number of anilines is 1. The molecule has 1 amide bonds. The molecule has 3 aromatic carbocycles. The van der Waals surface area contributed by atoms with Gasteiger partial charge in [0.2, 0.25) is 5.91 Å². The van der Waals surface area contributed by atoms with Gasteiger partial charge in [-0.25, -0.2) is 4.68 Å². The molecule has 0 spiro atoms. The Labute approximate surface area is 174 Å². The molecule has 30 heavy (non-hydrogen) atoms. The number of fused-ring (bicyclic) bond motifs is 1. The molecular weight excluding hydrogens is 376 g/mol. The minimum atomic E-state index is -0.238. The molecule has 0 N–H and O–H groups in total. The lowest BCUT2D eigenvalue weighted by atomic mass is 10.1. The van der Waals surface area contributed by atoms with Crippen molar-refractivity contribution in [2.24, 2.45) is 0 Å². The second kappa shape index (κ2) is 8.69. The topological polar surface area (TPSA) is 68.1 Å². The number of carbonyl (C=O) groups is 1. The van der Waals surface area contributed by atoms with Crippen molar-refractivity contribution in [2.75, 3.05) is 4.90 Å². The maximum absolute atomic E-state index is 13.1. The van der Waals surface area contributed by atoms with E-state index in [4.69, 9.17) is 0 Å². The molecule has 6 nitrogen and oxygen atoms in total. The lowest BCUT2D eigenvalue weighted by Gasteiger charge is -2.23. The summed E-state index contributed by atoms with van der Waals surface area (Å²) in [6, 6.07) is 24.8. The maximum Gasteiger partial charge on any atom is 0.277 e. The monoisotopic (exact) mass is 398 g/mol. The molecule has 4 rings (SSSR count). The molecule has 0 aliphatic heterocycles. The summed E-state index contributed by atoms with van der Waals surface area (Å²) < 4.78 is 1.26. The highest BCUT2D eigenvalue weighted by molar-refractivity contribution is 5.93. The van der Waals surface area contributed by atoms with Crippen LogP contribution in [0.25, 0.3) is 10.9 Å². The Balaban J connectivity index is 1.56. The molecule has 0 atom stereocenters. The van der Waals surface area contributed by atoms with E-state index in [1.807, 2.05) is 67.6 Å². The van der Waals surface area contributed by atoms with Crippen molar-refractivity contribution < 1.29 is 4.79 Å². The number of rotatable bonds is 6. The Morgan fingerprint density at radius 1 is 0.933 bits per heavy atom. The first-order valence-corrected chi connectivity index (χ1v) is 9.85. The molecule has 0 aliphatic rings. The first-order chi connectivity index (χ1) is 14.6. The molecule has 0 radical (unpaired) electrons. The minimum Gasteiger partial charge on any atom is -0.308 e. The van der Waals surface area contributed by atoms with E-state index in [-0.39, 0.29) is 24.4 Å².